The molecule has 1 aromatic heterocycles. The Bertz CT molecular complexity index is 857. The SMILES string of the molecule is CCC=CCCCC(=O)OCC1O[C@@H](n2ccc(=O)[nH]c2=O)C2OC(C)(C)OC12. The standard InChI is InChI=1S/C20H28N2O7/c1-4-5-6-7-8-9-15(24)26-12-13-16-17(29-20(2,3)28-16)18(27-13)22-11-10-14(23)21-19(22)25/h5-6,10-11,13,16-18H,4,7-9,12H2,1-3H3,(H,21,23,25)/t13?,16?,17?,18-/m1/s1. The van der Waals surface area contributed by atoms with E-state index in [-0.39, 0.29) is 12.6 Å². The van der Waals surface area contributed by atoms with E-state index in [1.165, 1.54) is 16.8 Å². The third kappa shape index (κ3) is 5.23. The lowest BCUT2D eigenvalue weighted by atomic mass is 10.1. The molecule has 160 valence electrons. The highest BCUT2D eigenvalue weighted by molar-refractivity contribution is 5.69. The smallest absolute Gasteiger partial charge is 0.330 e. The first-order chi connectivity index (χ1) is 13.8. The van der Waals surface area contributed by atoms with Crippen molar-refractivity contribution in [2.45, 2.75) is 76.8 Å². The van der Waals surface area contributed by atoms with Gasteiger partial charge in [0.1, 0.15) is 24.9 Å². The van der Waals surface area contributed by atoms with E-state index in [1.54, 1.807) is 13.8 Å². The zero-order valence-electron chi connectivity index (χ0n) is 17.0. The van der Waals surface area contributed by atoms with Gasteiger partial charge >= 0.3 is 11.7 Å². The Kier molecular flexibility index (Phi) is 6.71. The molecule has 2 aliphatic rings. The van der Waals surface area contributed by atoms with Crippen molar-refractivity contribution in [2.75, 3.05) is 6.61 Å². The Labute approximate surface area is 168 Å². The monoisotopic (exact) mass is 408 g/mol. The van der Waals surface area contributed by atoms with E-state index < -0.39 is 41.6 Å². The number of aromatic amines is 1. The highest BCUT2D eigenvalue weighted by Crippen LogP contribution is 2.42. The second-order valence-electron chi connectivity index (χ2n) is 7.60. The summed E-state index contributed by atoms with van der Waals surface area (Å²) >= 11 is 0. The molecule has 2 saturated heterocycles. The number of ether oxygens (including phenoxy) is 4. The van der Waals surface area contributed by atoms with E-state index in [0.717, 1.165) is 19.3 Å². The molecule has 0 aliphatic carbocycles. The summed E-state index contributed by atoms with van der Waals surface area (Å²) < 4.78 is 24.4. The molecular weight excluding hydrogens is 380 g/mol. The fraction of sp³-hybridized carbons (Fsp3) is 0.650. The molecule has 1 N–H and O–H groups in total. The molecule has 2 fully saturated rings. The van der Waals surface area contributed by atoms with Gasteiger partial charge in [-0.15, -0.1) is 0 Å². The third-order valence-corrected chi connectivity index (χ3v) is 4.81. The molecule has 29 heavy (non-hydrogen) atoms. The number of carbonyl (C=O) groups is 1. The van der Waals surface area contributed by atoms with E-state index in [4.69, 9.17) is 18.9 Å². The van der Waals surface area contributed by atoms with Crippen LogP contribution in [0.5, 0.6) is 0 Å². The van der Waals surface area contributed by atoms with E-state index >= 15 is 0 Å². The quantitative estimate of drug-likeness (QED) is 0.396. The normalized spacial score (nSPS) is 28.0. The molecule has 9 nitrogen and oxygen atoms in total. The first-order valence-electron chi connectivity index (χ1n) is 9.94. The number of hydrogen-bond acceptors (Lipinski definition) is 7. The van der Waals surface area contributed by atoms with Gasteiger partial charge in [0, 0.05) is 18.7 Å². The molecule has 0 radical (unpaired) electrons. The van der Waals surface area contributed by atoms with E-state index in [1.807, 2.05) is 0 Å². The van der Waals surface area contributed by atoms with Crippen LogP contribution in [0.2, 0.25) is 0 Å². The summed E-state index contributed by atoms with van der Waals surface area (Å²) in [4.78, 5) is 37.8. The molecular formula is C20H28N2O7. The number of fused-ring (bicyclic) bond motifs is 1. The Hall–Kier alpha value is -2.23. The second kappa shape index (κ2) is 9.06. The molecule has 0 aromatic carbocycles. The third-order valence-electron chi connectivity index (χ3n) is 4.81. The number of nitrogens with one attached hydrogen (secondary N) is 1. The van der Waals surface area contributed by atoms with Gasteiger partial charge in [-0.1, -0.05) is 19.1 Å². The van der Waals surface area contributed by atoms with Gasteiger partial charge in [0.05, 0.1) is 0 Å². The molecule has 3 rings (SSSR count). The highest BCUT2D eigenvalue weighted by atomic mass is 16.8. The van der Waals surface area contributed by atoms with Gasteiger partial charge in [-0.25, -0.2) is 4.79 Å². The average molecular weight is 408 g/mol. The van der Waals surface area contributed by atoms with Crippen molar-refractivity contribution in [3.63, 3.8) is 0 Å². The van der Waals surface area contributed by atoms with Crippen LogP contribution in [0.25, 0.3) is 0 Å². The van der Waals surface area contributed by atoms with Gasteiger partial charge in [0.25, 0.3) is 5.56 Å². The molecule has 0 amide bonds. The second-order valence-corrected chi connectivity index (χ2v) is 7.60. The number of allylic oxidation sites excluding steroid dienone is 2. The lowest BCUT2D eigenvalue weighted by Crippen LogP contribution is -2.37. The Morgan fingerprint density at radius 1 is 1.28 bits per heavy atom. The van der Waals surface area contributed by atoms with Crippen molar-refractivity contribution in [1.29, 1.82) is 0 Å². The number of H-pyrrole nitrogens is 1. The van der Waals surface area contributed by atoms with Crippen molar-refractivity contribution < 1.29 is 23.7 Å². The van der Waals surface area contributed by atoms with Gasteiger partial charge in [-0.2, -0.15) is 0 Å². The van der Waals surface area contributed by atoms with Crippen LogP contribution in [0.4, 0.5) is 0 Å². The molecule has 3 unspecified atom stereocenters. The summed E-state index contributed by atoms with van der Waals surface area (Å²) in [6.07, 6.45) is 5.85. The van der Waals surface area contributed by atoms with Gasteiger partial charge in [-0.05, 0) is 33.1 Å². The van der Waals surface area contributed by atoms with Crippen LogP contribution >= 0.6 is 0 Å². The van der Waals surface area contributed by atoms with Crippen LogP contribution in [0.1, 0.15) is 52.7 Å². The number of esters is 1. The summed E-state index contributed by atoms with van der Waals surface area (Å²) in [7, 11) is 0. The van der Waals surface area contributed by atoms with Crippen LogP contribution in [-0.2, 0) is 23.7 Å². The minimum atomic E-state index is -0.864. The van der Waals surface area contributed by atoms with Gasteiger partial charge in [-0.3, -0.25) is 19.1 Å². The predicted octanol–water partition coefficient (Wildman–Crippen LogP) is 1.63. The fourth-order valence-electron chi connectivity index (χ4n) is 3.54. The summed E-state index contributed by atoms with van der Waals surface area (Å²) in [5.74, 6) is -1.17. The Morgan fingerprint density at radius 3 is 2.76 bits per heavy atom. The van der Waals surface area contributed by atoms with Crippen molar-refractivity contribution in [2.24, 2.45) is 0 Å². The van der Waals surface area contributed by atoms with E-state index in [2.05, 4.69) is 24.1 Å². The zero-order chi connectivity index (χ0) is 21.0. The molecule has 0 saturated carbocycles. The maximum Gasteiger partial charge on any atom is 0.330 e. The molecule has 2 aliphatic heterocycles. The lowest BCUT2D eigenvalue weighted by molar-refractivity contribution is -0.203. The van der Waals surface area contributed by atoms with Gasteiger partial charge in [0.15, 0.2) is 12.0 Å². The number of carbonyl (C=O) groups excluding carboxylic acids is 1. The predicted molar refractivity (Wildman–Crippen MR) is 103 cm³/mol. The lowest BCUT2D eigenvalue weighted by Gasteiger charge is -2.24. The van der Waals surface area contributed by atoms with Gasteiger partial charge in [0.2, 0.25) is 0 Å². The Balaban J connectivity index is 1.63. The zero-order valence-corrected chi connectivity index (χ0v) is 17.0. The molecule has 0 bridgehead atoms. The van der Waals surface area contributed by atoms with Crippen molar-refractivity contribution in [3.8, 4) is 0 Å². The fourth-order valence-corrected chi connectivity index (χ4v) is 3.54. The first kappa shape index (κ1) is 21.5. The molecule has 1 aromatic rings. The number of unbranched alkanes of at least 4 members (excludes halogenated alkanes) is 1. The summed E-state index contributed by atoms with van der Waals surface area (Å²) in [5, 5.41) is 0. The van der Waals surface area contributed by atoms with Crippen molar-refractivity contribution in [3.05, 3.63) is 45.3 Å². The highest BCUT2D eigenvalue weighted by Gasteiger charge is 2.56. The van der Waals surface area contributed by atoms with Crippen molar-refractivity contribution >= 4 is 5.97 Å². The summed E-state index contributed by atoms with van der Waals surface area (Å²) in [6, 6.07) is 1.24. The average Bonchev–Trinajstić information content (AvgIpc) is 3.13. The maximum absolute atomic E-state index is 12.2. The molecule has 0 spiro atoms. The van der Waals surface area contributed by atoms with E-state index in [9.17, 15) is 14.4 Å². The number of hydrogen-bond donors (Lipinski definition) is 1. The molecule has 4 atom stereocenters. The first-order valence-corrected chi connectivity index (χ1v) is 9.94. The minimum absolute atomic E-state index is 0.00115. The summed E-state index contributed by atoms with van der Waals surface area (Å²) in [6.45, 7) is 5.60. The maximum atomic E-state index is 12.2. The Morgan fingerprint density at radius 2 is 2.03 bits per heavy atom. The van der Waals surface area contributed by atoms with E-state index in [0.29, 0.717) is 6.42 Å². The van der Waals surface area contributed by atoms with Crippen LogP contribution in [0, 0.1) is 0 Å². The van der Waals surface area contributed by atoms with Gasteiger partial charge < -0.3 is 18.9 Å². The number of aromatic nitrogens is 2. The van der Waals surface area contributed by atoms with Crippen LogP contribution in [-0.4, -0.2) is 46.2 Å². The van der Waals surface area contributed by atoms with Crippen molar-refractivity contribution in [1.82, 2.24) is 9.55 Å². The molecule has 3 heterocycles. The number of rotatable bonds is 8. The topological polar surface area (TPSA) is 109 Å². The molecule has 9 heteroatoms. The van der Waals surface area contributed by atoms with Crippen LogP contribution in [0.15, 0.2) is 34.0 Å². The number of nitrogens with zero attached hydrogens (tertiary/aromatic N) is 1. The summed E-state index contributed by atoms with van der Waals surface area (Å²) in [5.41, 5.74) is -1.10. The van der Waals surface area contributed by atoms with Crippen LogP contribution in [0.3, 0.4) is 0 Å². The van der Waals surface area contributed by atoms with Crippen LogP contribution < -0.4 is 11.2 Å². The largest absolute Gasteiger partial charge is 0.463 e. The minimum Gasteiger partial charge on any atom is -0.463 e.